The molecule has 6 nitrogen and oxygen atoms in total. The van der Waals surface area contributed by atoms with Gasteiger partial charge >= 0.3 is 0 Å². The molecule has 0 unspecified atom stereocenters. The van der Waals surface area contributed by atoms with Gasteiger partial charge in [-0.1, -0.05) is 13.8 Å². The molecule has 1 aliphatic heterocycles. The molecule has 2 rings (SSSR count). The van der Waals surface area contributed by atoms with Crippen LogP contribution >= 0.6 is 0 Å². The fourth-order valence-corrected chi connectivity index (χ4v) is 2.39. The molecule has 0 atom stereocenters. The maximum Gasteiger partial charge on any atom is 0.276 e. The van der Waals surface area contributed by atoms with Gasteiger partial charge in [0.15, 0.2) is 5.69 Å². The van der Waals surface area contributed by atoms with Crippen molar-refractivity contribution in [3.63, 3.8) is 0 Å². The molecule has 2 heterocycles. The third-order valence-electron chi connectivity index (χ3n) is 3.87. The van der Waals surface area contributed by atoms with E-state index < -0.39 is 0 Å². The van der Waals surface area contributed by atoms with E-state index in [0.29, 0.717) is 29.7 Å². The van der Waals surface area contributed by atoms with Crippen molar-refractivity contribution in [3.8, 4) is 0 Å². The van der Waals surface area contributed by atoms with Gasteiger partial charge in [0.05, 0.1) is 6.54 Å². The van der Waals surface area contributed by atoms with E-state index in [0.717, 1.165) is 25.9 Å². The summed E-state index contributed by atoms with van der Waals surface area (Å²) in [7, 11) is 0. The van der Waals surface area contributed by atoms with Crippen LogP contribution < -0.4 is 5.32 Å². The quantitative estimate of drug-likeness (QED) is 0.919. The van der Waals surface area contributed by atoms with Crippen molar-refractivity contribution in [2.45, 2.75) is 46.6 Å². The number of carbonyl (C=O) groups is 2. The Balaban J connectivity index is 2.01. The predicted octanol–water partition coefficient (Wildman–Crippen LogP) is 1.88. The van der Waals surface area contributed by atoms with Crippen molar-refractivity contribution < 1.29 is 14.0 Å². The molecule has 1 fully saturated rings. The fraction of sp³-hybridized carbons (Fsp3) is 0.667. The first-order valence-electron chi connectivity index (χ1n) is 7.53. The molecule has 21 heavy (non-hydrogen) atoms. The normalized spacial score (nSPS) is 16.0. The molecule has 0 bridgehead atoms. The van der Waals surface area contributed by atoms with Crippen LogP contribution in [0.5, 0.6) is 0 Å². The van der Waals surface area contributed by atoms with Gasteiger partial charge in [-0.05, 0) is 25.7 Å². The Morgan fingerprint density at radius 3 is 2.67 bits per heavy atom. The van der Waals surface area contributed by atoms with Gasteiger partial charge in [-0.25, -0.2) is 4.98 Å². The molecule has 1 aromatic heterocycles. The summed E-state index contributed by atoms with van der Waals surface area (Å²) < 4.78 is 5.47. The summed E-state index contributed by atoms with van der Waals surface area (Å²) in [4.78, 5) is 29.8. The van der Waals surface area contributed by atoms with Crippen LogP contribution in [0, 0.1) is 12.8 Å². The summed E-state index contributed by atoms with van der Waals surface area (Å²) in [6.07, 6.45) is 2.47. The van der Waals surface area contributed by atoms with E-state index in [9.17, 15) is 9.59 Å². The number of likely N-dealkylation sites (tertiary alicyclic amines) is 1. The fourth-order valence-electron chi connectivity index (χ4n) is 2.39. The van der Waals surface area contributed by atoms with Gasteiger partial charge in [0.1, 0.15) is 5.76 Å². The molecule has 0 aromatic carbocycles. The second kappa shape index (κ2) is 6.74. The number of aromatic nitrogens is 1. The Morgan fingerprint density at radius 2 is 2.05 bits per heavy atom. The van der Waals surface area contributed by atoms with E-state index in [1.165, 1.54) is 0 Å². The summed E-state index contributed by atoms with van der Waals surface area (Å²) in [5, 5.41) is 2.69. The molecular formula is C15H23N3O3. The highest BCUT2D eigenvalue weighted by atomic mass is 16.4. The molecule has 116 valence electrons. The van der Waals surface area contributed by atoms with Crippen molar-refractivity contribution in [2.24, 2.45) is 5.92 Å². The first kappa shape index (κ1) is 15.5. The van der Waals surface area contributed by atoms with Crippen LogP contribution in [0.4, 0.5) is 0 Å². The van der Waals surface area contributed by atoms with Crippen molar-refractivity contribution in [3.05, 3.63) is 17.3 Å². The smallest absolute Gasteiger partial charge is 0.276 e. The SMILES string of the molecule is CCC(=O)NCc1nc(C(=O)N2CCC(C)CC2)c(C)o1. The lowest BCUT2D eigenvalue weighted by Crippen LogP contribution is -2.38. The van der Waals surface area contributed by atoms with Crippen molar-refractivity contribution >= 4 is 11.8 Å². The predicted molar refractivity (Wildman–Crippen MR) is 77.7 cm³/mol. The third kappa shape index (κ3) is 3.83. The summed E-state index contributed by atoms with van der Waals surface area (Å²) in [5.41, 5.74) is 0.366. The molecule has 0 spiro atoms. The van der Waals surface area contributed by atoms with Crippen molar-refractivity contribution in [2.75, 3.05) is 13.1 Å². The highest BCUT2D eigenvalue weighted by Crippen LogP contribution is 2.19. The molecule has 2 amide bonds. The summed E-state index contributed by atoms with van der Waals surface area (Å²) >= 11 is 0. The van der Waals surface area contributed by atoms with Crippen LogP contribution in [0.25, 0.3) is 0 Å². The molecule has 0 aliphatic carbocycles. The number of nitrogens with one attached hydrogen (secondary N) is 1. The summed E-state index contributed by atoms with van der Waals surface area (Å²) in [6, 6.07) is 0. The average Bonchev–Trinajstić information content (AvgIpc) is 2.86. The Hall–Kier alpha value is -1.85. The number of hydrogen-bond acceptors (Lipinski definition) is 4. The van der Waals surface area contributed by atoms with Crippen LogP contribution in [0.15, 0.2) is 4.42 Å². The van der Waals surface area contributed by atoms with Crippen molar-refractivity contribution in [1.82, 2.24) is 15.2 Å². The maximum atomic E-state index is 12.5. The Kier molecular flexibility index (Phi) is 4.98. The van der Waals surface area contributed by atoms with Gasteiger partial charge in [-0.15, -0.1) is 0 Å². The monoisotopic (exact) mass is 293 g/mol. The lowest BCUT2D eigenvalue weighted by Gasteiger charge is -2.29. The molecule has 6 heteroatoms. The molecule has 1 aromatic rings. The van der Waals surface area contributed by atoms with E-state index in [2.05, 4.69) is 17.2 Å². The first-order chi connectivity index (χ1) is 10.0. The molecule has 0 radical (unpaired) electrons. The number of oxazole rings is 1. The lowest BCUT2D eigenvalue weighted by molar-refractivity contribution is -0.121. The van der Waals surface area contributed by atoms with Gasteiger partial charge < -0.3 is 14.6 Å². The average molecular weight is 293 g/mol. The third-order valence-corrected chi connectivity index (χ3v) is 3.87. The highest BCUT2D eigenvalue weighted by Gasteiger charge is 2.25. The Labute approximate surface area is 124 Å². The zero-order valence-corrected chi connectivity index (χ0v) is 12.9. The number of piperidine rings is 1. The summed E-state index contributed by atoms with van der Waals surface area (Å²) in [6.45, 7) is 7.48. The van der Waals surface area contributed by atoms with E-state index in [1.54, 1.807) is 13.8 Å². The van der Waals surface area contributed by atoms with E-state index in [-0.39, 0.29) is 18.4 Å². The lowest BCUT2D eigenvalue weighted by atomic mass is 9.99. The number of aryl methyl sites for hydroxylation is 1. The maximum absolute atomic E-state index is 12.5. The minimum atomic E-state index is -0.0729. The van der Waals surface area contributed by atoms with Crippen LogP contribution in [0.3, 0.4) is 0 Å². The second-order valence-electron chi connectivity index (χ2n) is 5.62. The molecule has 1 aliphatic rings. The molecule has 1 N–H and O–H groups in total. The zero-order valence-electron chi connectivity index (χ0n) is 12.9. The van der Waals surface area contributed by atoms with E-state index in [4.69, 9.17) is 4.42 Å². The van der Waals surface area contributed by atoms with Gasteiger partial charge in [-0.2, -0.15) is 0 Å². The summed E-state index contributed by atoms with van der Waals surface area (Å²) in [5.74, 6) is 1.43. The molecule has 1 saturated heterocycles. The number of nitrogens with zero attached hydrogens (tertiary/aromatic N) is 2. The van der Waals surface area contributed by atoms with Gasteiger partial charge in [0.2, 0.25) is 11.8 Å². The molecular weight excluding hydrogens is 270 g/mol. The standard InChI is InChI=1S/C15H23N3O3/c1-4-12(19)16-9-13-17-14(11(3)21-13)15(20)18-7-5-10(2)6-8-18/h10H,4-9H2,1-3H3,(H,16,19). The highest BCUT2D eigenvalue weighted by molar-refractivity contribution is 5.93. The zero-order chi connectivity index (χ0) is 15.4. The first-order valence-corrected chi connectivity index (χ1v) is 7.53. The van der Waals surface area contributed by atoms with Crippen LogP contribution in [0.1, 0.15) is 55.2 Å². The second-order valence-corrected chi connectivity index (χ2v) is 5.62. The van der Waals surface area contributed by atoms with Crippen LogP contribution in [-0.4, -0.2) is 34.8 Å². The number of amides is 2. The largest absolute Gasteiger partial charge is 0.443 e. The number of carbonyl (C=O) groups excluding carboxylic acids is 2. The number of rotatable bonds is 4. The Bertz CT molecular complexity index is 516. The topological polar surface area (TPSA) is 75.4 Å². The minimum absolute atomic E-state index is 0.0660. The van der Waals surface area contributed by atoms with Crippen LogP contribution in [-0.2, 0) is 11.3 Å². The Morgan fingerprint density at radius 1 is 1.38 bits per heavy atom. The van der Waals surface area contributed by atoms with E-state index in [1.807, 2.05) is 4.90 Å². The van der Waals surface area contributed by atoms with Crippen LogP contribution in [0.2, 0.25) is 0 Å². The van der Waals surface area contributed by atoms with E-state index >= 15 is 0 Å². The molecule has 0 saturated carbocycles. The minimum Gasteiger partial charge on any atom is -0.443 e. The van der Waals surface area contributed by atoms with Crippen molar-refractivity contribution in [1.29, 1.82) is 0 Å². The van der Waals surface area contributed by atoms with Gasteiger partial charge in [0.25, 0.3) is 5.91 Å². The van der Waals surface area contributed by atoms with Gasteiger partial charge in [-0.3, -0.25) is 9.59 Å². The van der Waals surface area contributed by atoms with Gasteiger partial charge in [0, 0.05) is 19.5 Å². The number of hydrogen-bond donors (Lipinski definition) is 1.